The van der Waals surface area contributed by atoms with Gasteiger partial charge in [-0.1, -0.05) is 5.16 Å². The quantitative estimate of drug-likeness (QED) is 0.841. The first kappa shape index (κ1) is 15.4. The van der Waals surface area contributed by atoms with Crippen molar-refractivity contribution in [2.75, 3.05) is 31.1 Å². The van der Waals surface area contributed by atoms with Crippen LogP contribution in [-0.2, 0) is 6.54 Å². The van der Waals surface area contributed by atoms with E-state index in [1.54, 1.807) is 6.26 Å². The van der Waals surface area contributed by atoms with E-state index in [-0.39, 0.29) is 6.10 Å². The van der Waals surface area contributed by atoms with Gasteiger partial charge in [0.15, 0.2) is 11.6 Å². The largest absolute Gasteiger partial charge is 0.485 e. The summed E-state index contributed by atoms with van der Waals surface area (Å²) in [5, 5.41) is 3.95. The molecule has 1 atom stereocenters. The molecule has 2 saturated heterocycles. The summed E-state index contributed by atoms with van der Waals surface area (Å²) >= 11 is 0. The fourth-order valence-electron chi connectivity index (χ4n) is 3.56. The monoisotopic (exact) mass is 328 g/mol. The summed E-state index contributed by atoms with van der Waals surface area (Å²) in [5.41, 5.74) is 2.14. The van der Waals surface area contributed by atoms with Crippen molar-refractivity contribution in [2.45, 2.75) is 38.8 Å². The number of hydrogen-bond acceptors (Lipinski definition) is 6. The Hall–Kier alpha value is -2.08. The van der Waals surface area contributed by atoms with Gasteiger partial charge in [-0.3, -0.25) is 4.90 Å². The van der Waals surface area contributed by atoms with E-state index in [9.17, 15) is 0 Å². The Kier molecular flexibility index (Phi) is 4.38. The summed E-state index contributed by atoms with van der Waals surface area (Å²) < 4.78 is 11.3. The first-order valence-corrected chi connectivity index (χ1v) is 8.78. The molecule has 2 fully saturated rings. The molecule has 4 heterocycles. The second kappa shape index (κ2) is 6.81. The first-order valence-electron chi connectivity index (χ1n) is 8.78. The van der Waals surface area contributed by atoms with Crippen LogP contribution in [0.1, 0.15) is 30.5 Å². The standard InChI is InChI=1S/C18H24N4O2/c1-14-15(13-23-20-14)11-21-10-6-16(12-21)24-17-5-4-7-19-18(17)22-8-2-3-9-22/h4-5,7,13,16H,2-3,6,8-12H2,1H3. The second-order valence-electron chi connectivity index (χ2n) is 6.71. The first-order chi connectivity index (χ1) is 11.8. The lowest BCUT2D eigenvalue weighted by atomic mass is 10.2. The average molecular weight is 328 g/mol. The van der Waals surface area contributed by atoms with Crippen molar-refractivity contribution >= 4 is 5.82 Å². The molecule has 0 aliphatic carbocycles. The van der Waals surface area contributed by atoms with Crippen molar-refractivity contribution < 1.29 is 9.26 Å². The van der Waals surface area contributed by atoms with Gasteiger partial charge in [-0.15, -0.1) is 0 Å². The molecular weight excluding hydrogens is 304 g/mol. The molecule has 2 aliphatic heterocycles. The summed E-state index contributed by atoms with van der Waals surface area (Å²) in [6.45, 7) is 6.99. The maximum atomic E-state index is 6.31. The molecule has 24 heavy (non-hydrogen) atoms. The number of aryl methyl sites for hydroxylation is 1. The Morgan fingerprint density at radius 1 is 1.29 bits per heavy atom. The van der Waals surface area contributed by atoms with E-state index < -0.39 is 0 Å². The Morgan fingerprint density at radius 2 is 2.17 bits per heavy atom. The predicted octanol–water partition coefficient (Wildman–Crippen LogP) is 2.63. The highest BCUT2D eigenvalue weighted by Crippen LogP contribution is 2.30. The molecule has 4 rings (SSSR count). The van der Waals surface area contributed by atoms with Gasteiger partial charge in [0.2, 0.25) is 0 Å². The van der Waals surface area contributed by atoms with Crippen LogP contribution in [0.25, 0.3) is 0 Å². The number of hydrogen-bond donors (Lipinski definition) is 0. The van der Waals surface area contributed by atoms with Gasteiger partial charge in [0.25, 0.3) is 0 Å². The van der Waals surface area contributed by atoms with Gasteiger partial charge in [-0.2, -0.15) is 0 Å². The molecule has 6 nitrogen and oxygen atoms in total. The van der Waals surface area contributed by atoms with Crippen molar-refractivity contribution in [3.63, 3.8) is 0 Å². The summed E-state index contributed by atoms with van der Waals surface area (Å²) in [7, 11) is 0. The summed E-state index contributed by atoms with van der Waals surface area (Å²) in [4.78, 5) is 9.30. The van der Waals surface area contributed by atoms with Crippen LogP contribution >= 0.6 is 0 Å². The zero-order valence-corrected chi connectivity index (χ0v) is 14.1. The lowest BCUT2D eigenvalue weighted by Crippen LogP contribution is -2.26. The molecule has 0 bridgehead atoms. The molecule has 6 heteroatoms. The smallest absolute Gasteiger partial charge is 0.171 e. The lowest BCUT2D eigenvalue weighted by Gasteiger charge is -2.22. The molecule has 128 valence electrons. The molecule has 2 aromatic heterocycles. The molecule has 0 spiro atoms. The van der Waals surface area contributed by atoms with Gasteiger partial charge in [0.1, 0.15) is 12.4 Å². The number of aromatic nitrogens is 2. The van der Waals surface area contributed by atoms with E-state index in [0.717, 1.165) is 62.0 Å². The average Bonchev–Trinajstić information content (AvgIpc) is 3.32. The third kappa shape index (κ3) is 3.24. The van der Waals surface area contributed by atoms with Crippen LogP contribution < -0.4 is 9.64 Å². The van der Waals surface area contributed by atoms with Crippen molar-refractivity contribution in [2.24, 2.45) is 0 Å². The van der Waals surface area contributed by atoms with Crippen LogP contribution in [0.3, 0.4) is 0 Å². The van der Waals surface area contributed by atoms with Crippen LogP contribution in [0.5, 0.6) is 5.75 Å². The van der Waals surface area contributed by atoms with E-state index in [1.807, 2.05) is 25.3 Å². The number of rotatable bonds is 5. The third-order valence-electron chi connectivity index (χ3n) is 4.92. The van der Waals surface area contributed by atoms with Crippen molar-refractivity contribution in [1.29, 1.82) is 0 Å². The number of likely N-dealkylation sites (tertiary alicyclic amines) is 1. The Labute approximate surface area is 142 Å². The van der Waals surface area contributed by atoms with Crippen LogP contribution in [0, 0.1) is 6.92 Å². The SMILES string of the molecule is Cc1nocc1CN1CCC(Oc2cccnc2N2CCCC2)C1. The van der Waals surface area contributed by atoms with E-state index >= 15 is 0 Å². The molecule has 0 aromatic carbocycles. The molecule has 1 unspecified atom stereocenters. The molecular formula is C18H24N4O2. The number of ether oxygens (including phenoxy) is 1. The minimum Gasteiger partial charge on any atom is -0.485 e. The van der Waals surface area contributed by atoms with Gasteiger partial charge in [0.05, 0.1) is 5.69 Å². The zero-order valence-electron chi connectivity index (χ0n) is 14.1. The summed E-state index contributed by atoms with van der Waals surface area (Å²) in [6.07, 6.45) is 7.34. The fourth-order valence-corrected chi connectivity index (χ4v) is 3.56. The van der Waals surface area contributed by atoms with Crippen LogP contribution in [0.4, 0.5) is 5.82 Å². The topological polar surface area (TPSA) is 54.6 Å². The second-order valence-corrected chi connectivity index (χ2v) is 6.71. The van der Waals surface area contributed by atoms with Crippen LogP contribution in [0.2, 0.25) is 0 Å². The number of anilines is 1. The maximum absolute atomic E-state index is 6.31. The molecule has 0 saturated carbocycles. The Bertz CT molecular complexity index is 681. The highest BCUT2D eigenvalue weighted by atomic mass is 16.5. The van der Waals surface area contributed by atoms with Gasteiger partial charge in [-0.05, 0) is 38.3 Å². The highest BCUT2D eigenvalue weighted by molar-refractivity contribution is 5.52. The molecule has 0 radical (unpaired) electrons. The zero-order chi connectivity index (χ0) is 16.4. The van der Waals surface area contributed by atoms with Crippen molar-refractivity contribution in [3.05, 3.63) is 35.9 Å². The fraction of sp³-hybridized carbons (Fsp3) is 0.556. The molecule has 0 N–H and O–H groups in total. The van der Waals surface area contributed by atoms with Crippen molar-refractivity contribution in [1.82, 2.24) is 15.0 Å². The minimum atomic E-state index is 0.218. The van der Waals surface area contributed by atoms with Crippen molar-refractivity contribution in [3.8, 4) is 5.75 Å². The number of nitrogens with zero attached hydrogens (tertiary/aromatic N) is 4. The van der Waals surface area contributed by atoms with Crippen LogP contribution in [-0.4, -0.2) is 47.3 Å². The minimum absolute atomic E-state index is 0.218. The van der Waals surface area contributed by atoms with E-state index in [4.69, 9.17) is 9.26 Å². The van der Waals surface area contributed by atoms with E-state index in [1.165, 1.54) is 12.8 Å². The predicted molar refractivity (Wildman–Crippen MR) is 91.2 cm³/mol. The van der Waals surface area contributed by atoms with Gasteiger partial charge in [0, 0.05) is 44.5 Å². The van der Waals surface area contributed by atoms with Gasteiger partial charge in [-0.25, -0.2) is 4.98 Å². The normalized spacial score (nSPS) is 21.5. The van der Waals surface area contributed by atoms with E-state index in [2.05, 4.69) is 19.9 Å². The lowest BCUT2D eigenvalue weighted by molar-refractivity contribution is 0.198. The molecule has 0 amide bonds. The Balaban J connectivity index is 1.39. The summed E-state index contributed by atoms with van der Waals surface area (Å²) in [6, 6.07) is 4.01. The molecule has 2 aromatic rings. The van der Waals surface area contributed by atoms with Gasteiger partial charge >= 0.3 is 0 Å². The Morgan fingerprint density at radius 3 is 2.96 bits per heavy atom. The van der Waals surface area contributed by atoms with Gasteiger partial charge < -0.3 is 14.2 Å². The maximum Gasteiger partial charge on any atom is 0.171 e. The summed E-state index contributed by atoms with van der Waals surface area (Å²) in [5.74, 6) is 1.93. The van der Waals surface area contributed by atoms with Crippen LogP contribution in [0.15, 0.2) is 29.1 Å². The van der Waals surface area contributed by atoms with E-state index in [0.29, 0.717) is 0 Å². The molecule has 2 aliphatic rings. The highest BCUT2D eigenvalue weighted by Gasteiger charge is 2.27. The third-order valence-corrected chi connectivity index (χ3v) is 4.92. The number of pyridine rings is 1.